The lowest BCUT2D eigenvalue weighted by molar-refractivity contribution is -0.384. The maximum absolute atomic E-state index is 13.7. The number of nitrogens with one attached hydrogen (secondary N) is 1. The highest BCUT2D eigenvalue weighted by atomic mass is 16.6. The molecule has 2 aliphatic heterocycles. The molecule has 0 aliphatic carbocycles. The summed E-state index contributed by atoms with van der Waals surface area (Å²) in [7, 11) is 0. The summed E-state index contributed by atoms with van der Waals surface area (Å²) in [5.74, 6) is -2.10. The van der Waals surface area contributed by atoms with Crippen molar-refractivity contribution in [1.82, 2.24) is 10.2 Å². The number of rotatable bonds is 17. The smallest absolute Gasteiger partial charge is 0.336 e. The van der Waals surface area contributed by atoms with Gasteiger partial charge in [0.25, 0.3) is 5.69 Å². The van der Waals surface area contributed by atoms with Crippen LogP contribution >= 0.6 is 0 Å². The van der Waals surface area contributed by atoms with E-state index < -0.39 is 22.8 Å². The Morgan fingerprint density at radius 1 is 0.788 bits per heavy atom. The second kappa shape index (κ2) is 18.6. The van der Waals surface area contributed by atoms with Crippen molar-refractivity contribution in [2.75, 3.05) is 46.1 Å². The molecule has 10 nitrogen and oxygen atoms in total. The van der Waals surface area contributed by atoms with Crippen LogP contribution < -0.4 is 5.32 Å². The molecule has 1 atom stereocenters. The highest BCUT2D eigenvalue weighted by Crippen LogP contribution is 2.42. The van der Waals surface area contributed by atoms with Gasteiger partial charge in [0.05, 0.1) is 41.8 Å². The highest BCUT2D eigenvalue weighted by Gasteiger charge is 2.39. The molecule has 1 unspecified atom stereocenters. The number of hydrogen-bond donors (Lipinski definition) is 1. The molecule has 0 amide bonds. The van der Waals surface area contributed by atoms with E-state index in [1.165, 1.54) is 23.3 Å². The van der Waals surface area contributed by atoms with Crippen LogP contribution in [0, 0.1) is 10.1 Å². The zero-order chi connectivity index (χ0) is 36.9. The van der Waals surface area contributed by atoms with Gasteiger partial charge in [0.2, 0.25) is 0 Å². The fraction of sp³-hybridized carbons (Fsp3) is 0.429. The molecular weight excluding hydrogens is 658 g/mol. The third-order valence-electron chi connectivity index (χ3n) is 10.2. The molecule has 3 aromatic carbocycles. The van der Waals surface area contributed by atoms with Crippen molar-refractivity contribution in [3.05, 3.63) is 134 Å². The third-order valence-corrected chi connectivity index (χ3v) is 10.2. The van der Waals surface area contributed by atoms with Crippen LogP contribution in [0.1, 0.15) is 81.9 Å². The Morgan fingerprint density at radius 2 is 1.38 bits per heavy atom. The molecule has 0 saturated carbocycles. The van der Waals surface area contributed by atoms with Gasteiger partial charge in [-0.2, -0.15) is 0 Å². The van der Waals surface area contributed by atoms with Crippen LogP contribution in [0.5, 0.6) is 0 Å². The molecule has 0 radical (unpaired) electrons. The lowest BCUT2D eigenvalue weighted by Crippen LogP contribution is -2.44. The number of nitro benzene ring substituents is 1. The molecule has 0 spiro atoms. The molecule has 52 heavy (non-hydrogen) atoms. The largest absolute Gasteiger partial charge is 0.462 e. The van der Waals surface area contributed by atoms with Gasteiger partial charge in [0.15, 0.2) is 0 Å². The first kappa shape index (κ1) is 38.4. The first-order valence-electron chi connectivity index (χ1n) is 18.4. The summed E-state index contributed by atoms with van der Waals surface area (Å²) >= 11 is 0. The van der Waals surface area contributed by atoms with Crippen molar-refractivity contribution in [2.24, 2.45) is 0 Å². The van der Waals surface area contributed by atoms with Gasteiger partial charge in [0, 0.05) is 35.5 Å². The van der Waals surface area contributed by atoms with Crippen LogP contribution in [-0.4, -0.2) is 67.8 Å². The van der Waals surface area contributed by atoms with Crippen LogP contribution in [0.4, 0.5) is 5.69 Å². The number of nitro groups is 1. The van der Waals surface area contributed by atoms with Crippen molar-refractivity contribution >= 4 is 17.6 Å². The summed E-state index contributed by atoms with van der Waals surface area (Å²) in [5.41, 5.74) is 4.44. The van der Waals surface area contributed by atoms with Crippen LogP contribution in [0.15, 0.2) is 107 Å². The van der Waals surface area contributed by atoms with E-state index in [4.69, 9.17) is 14.2 Å². The van der Waals surface area contributed by atoms with Crippen LogP contribution in [0.3, 0.4) is 0 Å². The molecule has 5 rings (SSSR count). The van der Waals surface area contributed by atoms with Crippen LogP contribution in [-0.2, 0) is 29.2 Å². The predicted molar refractivity (Wildman–Crippen MR) is 201 cm³/mol. The molecule has 2 heterocycles. The number of unbranched alkanes of at least 4 members (excludes halogenated alkanes) is 3. The lowest BCUT2D eigenvalue weighted by atomic mass is 9.68. The highest BCUT2D eigenvalue weighted by molar-refractivity contribution is 6.00. The standard InChI is InChI=1S/C42H51N3O7/c1-4-5-6-13-26-51-40(46)37-31(2)43-32(3)38(39(37)33-15-14-20-36(30-33)45(48)49)41(47)52-29-28-50-27-25-44-23-21-42(22-24-44,34-16-9-7-10-17-34)35-18-11-8-12-19-35/h7-12,14-20,30,39,43H,4-6,13,21-29H2,1-3H3. The Kier molecular flexibility index (Phi) is 13.8. The van der Waals surface area contributed by atoms with E-state index >= 15 is 0 Å². The molecule has 1 saturated heterocycles. The van der Waals surface area contributed by atoms with E-state index in [0.717, 1.165) is 58.2 Å². The second-order valence-electron chi connectivity index (χ2n) is 13.6. The Balaban J connectivity index is 1.17. The van der Waals surface area contributed by atoms with Gasteiger partial charge in [-0.3, -0.25) is 10.1 Å². The number of hydrogen-bond acceptors (Lipinski definition) is 9. The predicted octanol–water partition coefficient (Wildman–Crippen LogP) is 7.60. The maximum Gasteiger partial charge on any atom is 0.336 e. The zero-order valence-electron chi connectivity index (χ0n) is 30.6. The summed E-state index contributed by atoms with van der Waals surface area (Å²) in [6.45, 7) is 9.20. The van der Waals surface area contributed by atoms with Gasteiger partial charge in [-0.15, -0.1) is 0 Å². The average molecular weight is 710 g/mol. The minimum absolute atomic E-state index is 0.0162. The van der Waals surface area contributed by atoms with E-state index in [1.807, 2.05) is 0 Å². The molecule has 1 N–H and O–H groups in total. The number of allylic oxidation sites excluding steroid dienone is 2. The quantitative estimate of drug-likeness (QED) is 0.0654. The Bertz CT molecular complexity index is 1690. The van der Waals surface area contributed by atoms with Gasteiger partial charge < -0.3 is 24.4 Å². The van der Waals surface area contributed by atoms with Gasteiger partial charge in [-0.25, -0.2) is 9.59 Å². The molecule has 0 bridgehead atoms. The normalized spacial score (nSPS) is 17.4. The molecule has 2 aliphatic rings. The summed E-state index contributed by atoms with van der Waals surface area (Å²) in [5, 5.41) is 14.8. The van der Waals surface area contributed by atoms with Crippen LogP contribution in [0.2, 0.25) is 0 Å². The Labute approximate surface area is 307 Å². The number of esters is 2. The van der Waals surface area contributed by atoms with Crippen molar-refractivity contribution in [2.45, 2.75) is 70.6 Å². The third kappa shape index (κ3) is 9.35. The fourth-order valence-electron chi connectivity index (χ4n) is 7.44. The number of carbonyl (C=O) groups is 2. The number of benzene rings is 3. The van der Waals surface area contributed by atoms with E-state index in [2.05, 4.69) is 77.8 Å². The number of likely N-dealkylation sites (tertiary alicyclic amines) is 1. The van der Waals surface area contributed by atoms with Gasteiger partial charge in [0.1, 0.15) is 6.61 Å². The molecule has 3 aromatic rings. The van der Waals surface area contributed by atoms with E-state index in [-0.39, 0.29) is 42.1 Å². The maximum atomic E-state index is 13.7. The van der Waals surface area contributed by atoms with E-state index in [1.54, 1.807) is 26.0 Å². The monoisotopic (exact) mass is 709 g/mol. The number of nitrogens with zero attached hydrogens (tertiary/aromatic N) is 2. The lowest BCUT2D eigenvalue weighted by Gasteiger charge is -2.43. The summed E-state index contributed by atoms with van der Waals surface area (Å²) in [6.07, 6.45) is 5.78. The van der Waals surface area contributed by atoms with E-state index in [0.29, 0.717) is 23.6 Å². The van der Waals surface area contributed by atoms with Gasteiger partial charge in [-0.1, -0.05) is 99.0 Å². The summed E-state index contributed by atoms with van der Waals surface area (Å²) < 4.78 is 17.3. The minimum Gasteiger partial charge on any atom is -0.462 e. The first-order chi connectivity index (χ1) is 25.2. The number of dihydropyridines is 1. The summed E-state index contributed by atoms with van der Waals surface area (Å²) in [4.78, 5) is 40.8. The van der Waals surface area contributed by atoms with E-state index in [9.17, 15) is 19.7 Å². The number of non-ortho nitro benzene ring substituents is 1. The minimum atomic E-state index is -0.907. The van der Waals surface area contributed by atoms with Crippen molar-refractivity contribution in [1.29, 1.82) is 0 Å². The van der Waals surface area contributed by atoms with Crippen molar-refractivity contribution in [3.8, 4) is 0 Å². The van der Waals surface area contributed by atoms with Crippen LogP contribution in [0.25, 0.3) is 0 Å². The second-order valence-corrected chi connectivity index (χ2v) is 13.6. The molecule has 1 fully saturated rings. The average Bonchev–Trinajstić information content (AvgIpc) is 3.16. The molecule has 10 heteroatoms. The van der Waals surface area contributed by atoms with Crippen molar-refractivity contribution < 1.29 is 28.7 Å². The number of piperidine rings is 1. The number of carbonyl (C=O) groups excluding carboxylic acids is 2. The zero-order valence-corrected chi connectivity index (χ0v) is 30.6. The Morgan fingerprint density at radius 3 is 1.96 bits per heavy atom. The number of ether oxygens (including phenoxy) is 3. The topological polar surface area (TPSA) is 120 Å². The van der Waals surface area contributed by atoms with Gasteiger partial charge in [-0.05, 0) is 62.9 Å². The molecule has 0 aromatic heterocycles. The molecule has 276 valence electrons. The first-order valence-corrected chi connectivity index (χ1v) is 18.4. The van der Waals surface area contributed by atoms with Gasteiger partial charge >= 0.3 is 11.9 Å². The SMILES string of the molecule is CCCCCCOC(=O)C1=C(C)NC(C)=C(C(=O)OCCOCCN2CCC(c3ccccc3)(c3ccccc3)CC2)C1c1cccc([N+](=O)[O-])c1. The summed E-state index contributed by atoms with van der Waals surface area (Å²) in [6, 6.07) is 27.5. The van der Waals surface area contributed by atoms with Crippen molar-refractivity contribution in [3.63, 3.8) is 0 Å². The molecular formula is C42H51N3O7. The fourth-order valence-corrected chi connectivity index (χ4v) is 7.44. The Hall–Kier alpha value is -4.80.